The second-order valence-electron chi connectivity index (χ2n) is 6.31. The van der Waals surface area contributed by atoms with Crippen LogP contribution >= 0.6 is 0 Å². The van der Waals surface area contributed by atoms with Gasteiger partial charge in [-0.25, -0.2) is 8.78 Å². The largest absolute Gasteiger partial charge is 0.365 e. The molecule has 1 saturated carbocycles. The summed E-state index contributed by atoms with van der Waals surface area (Å²) in [5.74, 6) is -2.27. The van der Waals surface area contributed by atoms with Crippen LogP contribution in [0.4, 0.5) is 20.2 Å². The molecule has 2 aromatic carbocycles. The van der Waals surface area contributed by atoms with E-state index < -0.39 is 16.6 Å². The molecule has 1 N–H and O–H groups in total. The van der Waals surface area contributed by atoms with Gasteiger partial charge in [-0.1, -0.05) is 6.07 Å². The SMILES string of the molecule is CN(Cc1ccc(F)c(F)c1)c1ccc(C(=O)NC2CC2)cc1[N+](=O)[O-]. The third-order valence-corrected chi connectivity index (χ3v) is 4.16. The summed E-state index contributed by atoms with van der Waals surface area (Å²) in [6.45, 7) is 0.145. The van der Waals surface area contributed by atoms with Crippen molar-refractivity contribution in [2.24, 2.45) is 0 Å². The van der Waals surface area contributed by atoms with Gasteiger partial charge in [0.05, 0.1) is 4.92 Å². The molecule has 6 nitrogen and oxygen atoms in total. The molecular weight excluding hydrogens is 344 g/mol. The molecule has 0 radical (unpaired) electrons. The molecule has 1 fully saturated rings. The molecule has 0 saturated heterocycles. The van der Waals surface area contributed by atoms with Crippen LogP contribution in [0.1, 0.15) is 28.8 Å². The number of nitro benzene ring substituents is 1. The average Bonchev–Trinajstić information content (AvgIpc) is 3.41. The molecule has 0 aliphatic heterocycles. The van der Waals surface area contributed by atoms with Gasteiger partial charge in [-0.3, -0.25) is 14.9 Å². The fourth-order valence-corrected chi connectivity index (χ4v) is 2.63. The Morgan fingerprint density at radius 3 is 2.58 bits per heavy atom. The molecule has 1 aliphatic rings. The first kappa shape index (κ1) is 17.8. The molecule has 1 amide bonds. The molecule has 0 bridgehead atoms. The lowest BCUT2D eigenvalue weighted by atomic mass is 10.1. The minimum Gasteiger partial charge on any atom is -0.365 e. The lowest BCUT2D eigenvalue weighted by Gasteiger charge is -2.20. The molecule has 0 unspecified atom stereocenters. The Hall–Kier alpha value is -3.03. The highest BCUT2D eigenvalue weighted by Crippen LogP contribution is 2.30. The predicted octanol–water partition coefficient (Wildman–Crippen LogP) is 3.40. The van der Waals surface area contributed by atoms with Crippen molar-refractivity contribution in [3.63, 3.8) is 0 Å². The molecule has 3 rings (SSSR count). The van der Waals surface area contributed by atoms with E-state index >= 15 is 0 Å². The zero-order valence-corrected chi connectivity index (χ0v) is 14.0. The third-order valence-electron chi connectivity index (χ3n) is 4.16. The average molecular weight is 361 g/mol. The number of hydrogen-bond donors (Lipinski definition) is 1. The molecule has 26 heavy (non-hydrogen) atoms. The minimum atomic E-state index is -0.975. The fraction of sp³-hybridized carbons (Fsp3) is 0.278. The van der Waals surface area contributed by atoms with Crippen molar-refractivity contribution in [2.45, 2.75) is 25.4 Å². The van der Waals surface area contributed by atoms with Crippen LogP contribution in [0.15, 0.2) is 36.4 Å². The number of anilines is 1. The smallest absolute Gasteiger partial charge is 0.293 e. The van der Waals surface area contributed by atoms with Crippen LogP contribution in [0.2, 0.25) is 0 Å². The van der Waals surface area contributed by atoms with E-state index in [1.807, 2.05) is 0 Å². The highest BCUT2D eigenvalue weighted by molar-refractivity contribution is 5.96. The molecule has 0 aromatic heterocycles. The summed E-state index contributed by atoms with van der Waals surface area (Å²) in [7, 11) is 1.60. The standard InChI is InChI=1S/C18H17F2N3O3/c1-22(10-11-2-6-14(19)15(20)8-11)16-7-3-12(9-17(16)23(25)26)18(24)21-13-4-5-13/h2-3,6-9,13H,4-5,10H2,1H3,(H,21,24). The van der Waals surface area contributed by atoms with Crippen LogP contribution in [0.3, 0.4) is 0 Å². The molecule has 2 aromatic rings. The van der Waals surface area contributed by atoms with Gasteiger partial charge in [0, 0.05) is 31.3 Å². The maximum Gasteiger partial charge on any atom is 0.293 e. The molecule has 0 spiro atoms. The highest BCUT2D eigenvalue weighted by Gasteiger charge is 2.26. The summed E-state index contributed by atoms with van der Waals surface area (Å²) in [6, 6.07) is 7.86. The van der Waals surface area contributed by atoms with Gasteiger partial charge in [-0.2, -0.15) is 0 Å². The van der Waals surface area contributed by atoms with Crippen molar-refractivity contribution in [2.75, 3.05) is 11.9 Å². The maximum atomic E-state index is 13.3. The quantitative estimate of drug-likeness (QED) is 0.632. The van der Waals surface area contributed by atoms with Crippen molar-refractivity contribution in [1.29, 1.82) is 0 Å². The van der Waals surface area contributed by atoms with Crippen molar-refractivity contribution < 1.29 is 18.5 Å². The third kappa shape index (κ3) is 3.96. The van der Waals surface area contributed by atoms with Crippen LogP contribution in [-0.2, 0) is 6.54 Å². The number of amides is 1. The Labute approximate surface area is 148 Å². The Balaban J connectivity index is 1.83. The number of hydrogen-bond acceptors (Lipinski definition) is 4. The predicted molar refractivity (Wildman–Crippen MR) is 92.0 cm³/mol. The van der Waals surface area contributed by atoms with Crippen LogP contribution in [-0.4, -0.2) is 23.9 Å². The van der Waals surface area contributed by atoms with Gasteiger partial charge in [0.25, 0.3) is 11.6 Å². The summed E-state index contributed by atoms with van der Waals surface area (Å²) in [5, 5.41) is 14.2. The molecule has 1 aliphatic carbocycles. The van der Waals surface area contributed by atoms with Gasteiger partial charge in [0.15, 0.2) is 11.6 Å². The van der Waals surface area contributed by atoms with E-state index in [0.29, 0.717) is 5.56 Å². The van der Waals surface area contributed by atoms with Gasteiger partial charge >= 0.3 is 0 Å². The Kier molecular flexibility index (Phi) is 4.83. The molecular formula is C18H17F2N3O3. The van der Waals surface area contributed by atoms with Crippen molar-refractivity contribution in [3.05, 3.63) is 69.3 Å². The zero-order valence-electron chi connectivity index (χ0n) is 14.0. The topological polar surface area (TPSA) is 75.5 Å². The first-order valence-corrected chi connectivity index (χ1v) is 8.09. The number of carbonyl (C=O) groups excluding carboxylic acids is 1. The first-order valence-electron chi connectivity index (χ1n) is 8.09. The zero-order chi connectivity index (χ0) is 18.8. The van der Waals surface area contributed by atoms with Gasteiger partial charge < -0.3 is 10.2 Å². The normalized spacial score (nSPS) is 13.3. The fourth-order valence-electron chi connectivity index (χ4n) is 2.63. The van der Waals surface area contributed by atoms with Crippen LogP contribution in [0, 0.1) is 21.7 Å². The van der Waals surface area contributed by atoms with Crippen molar-refractivity contribution in [3.8, 4) is 0 Å². The minimum absolute atomic E-state index is 0.145. The monoisotopic (exact) mass is 361 g/mol. The number of benzene rings is 2. The summed E-state index contributed by atoms with van der Waals surface area (Å²) >= 11 is 0. The van der Waals surface area contributed by atoms with E-state index in [2.05, 4.69) is 5.32 Å². The van der Waals surface area contributed by atoms with E-state index in [1.165, 1.54) is 24.3 Å². The van der Waals surface area contributed by atoms with Crippen molar-refractivity contribution >= 4 is 17.3 Å². The van der Waals surface area contributed by atoms with Crippen LogP contribution in [0.25, 0.3) is 0 Å². The van der Waals surface area contributed by atoms with Crippen molar-refractivity contribution in [1.82, 2.24) is 5.32 Å². The maximum absolute atomic E-state index is 13.3. The number of rotatable bonds is 6. The van der Waals surface area contributed by atoms with Crippen LogP contribution in [0.5, 0.6) is 0 Å². The number of nitrogens with one attached hydrogen (secondary N) is 1. The molecule has 8 heteroatoms. The number of nitro groups is 1. The summed E-state index contributed by atoms with van der Waals surface area (Å²) in [6.07, 6.45) is 1.84. The van der Waals surface area contributed by atoms with Gasteiger partial charge in [0.2, 0.25) is 0 Å². The Morgan fingerprint density at radius 2 is 1.96 bits per heavy atom. The summed E-state index contributed by atoms with van der Waals surface area (Å²) in [4.78, 5) is 24.5. The molecule has 136 valence electrons. The van der Waals surface area contributed by atoms with E-state index in [1.54, 1.807) is 11.9 Å². The Bertz CT molecular complexity index is 869. The van der Waals surface area contributed by atoms with Crippen LogP contribution < -0.4 is 10.2 Å². The van der Waals surface area contributed by atoms with E-state index in [0.717, 1.165) is 25.0 Å². The lowest BCUT2D eigenvalue weighted by Crippen LogP contribution is -2.25. The second-order valence-corrected chi connectivity index (χ2v) is 6.31. The van der Waals surface area contributed by atoms with E-state index in [9.17, 15) is 23.7 Å². The van der Waals surface area contributed by atoms with E-state index in [4.69, 9.17) is 0 Å². The first-order chi connectivity index (χ1) is 12.3. The summed E-state index contributed by atoms with van der Waals surface area (Å²) < 4.78 is 26.4. The molecule has 0 atom stereocenters. The number of halogens is 2. The van der Waals surface area contributed by atoms with Gasteiger partial charge in [-0.15, -0.1) is 0 Å². The van der Waals surface area contributed by atoms with Gasteiger partial charge in [-0.05, 0) is 42.7 Å². The summed E-state index contributed by atoms with van der Waals surface area (Å²) in [5.41, 5.74) is 0.742. The Morgan fingerprint density at radius 1 is 1.23 bits per heavy atom. The van der Waals surface area contributed by atoms with Gasteiger partial charge in [0.1, 0.15) is 5.69 Å². The number of nitrogens with zero attached hydrogens (tertiary/aromatic N) is 2. The van der Waals surface area contributed by atoms with E-state index in [-0.39, 0.29) is 35.4 Å². The molecule has 0 heterocycles. The number of carbonyl (C=O) groups is 1. The highest BCUT2D eigenvalue weighted by atomic mass is 19.2. The lowest BCUT2D eigenvalue weighted by molar-refractivity contribution is -0.384. The second kappa shape index (κ2) is 7.07.